The molecule has 19 heavy (non-hydrogen) atoms. The topological polar surface area (TPSA) is 65.1 Å². The summed E-state index contributed by atoms with van der Waals surface area (Å²) in [7, 11) is -3.04. The van der Waals surface area contributed by atoms with Gasteiger partial charge in [0.25, 0.3) is 0 Å². The van der Waals surface area contributed by atoms with E-state index in [0.29, 0.717) is 5.69 Å². The molecule has 0 bridgehead atoms. The molecule has 0 saturated carbocycles. The van der Waals surface area contributed by atoms with Crippen molar-refractivity contribution in [1.29, 1.82) is 0 Å². The summed E-state index contributed by atoms with van der Waals surface area (Å²) in [4.78, 5) is 0. The van der Waals surface area contributed by atoms with Gasteiger partial charge in [0.2, 0.25) is 0 Å². The number of hydrogen-bond acceptors (Lipinski definition) is 3. The predicted octanol–water partition coefficient (Wildman–Crippen LogP) is 2.74. The molecule has 0 fully saturated rings. The van der Waals surface area contributed by atoms with E-state index in [1.807, 2.05) is 38.1 Å². The van der Waals surface area contributed by atoms with Crippen molar-refractivity contribution >= 4 is 26.4 Å². The molecule has 0 aliphatic heterocycles. The van der Waals surface area contributed by atoms with E-state index in [1.165, 1.54) is 0 Å². The zero-order chi connectivity index (χ0) is 14.2. The molecule has 1 aromatic heterocycles. The number of fused-ring (bicyclic) bond motifs is 1. The number of aromatic nitrogens is 1. The Balaban J connectivity index is 2.64. The molecule has 1 aromatic carbocycles. The van der Waals surface area contributed by atoms with Crippen molar-refractivity contribution < 1.29 is 8.42 Å². The van der Waals surface area contributed by atoms with Gasteiger partial charge in [0.05, 0.1) is 11.3 Å². The van der Waals surface area contributed by atoms with Crippen molar-refractivity contribution in [3.05, 3.63) is 30.0 Å². The van der Waals surface area contributed by atoms with Gasteiger partial charge >= 0.3 is 0 Å². The van der Waals surface area contributed by atoms with Crippen molar-refractivity contribution in [2.45, 2.75) is 32.6 Å². The normalized spacial score (nSPS) is 12.4. The number of nitrogen functional groups attached to an aromatic ring is 1. The van der Waals surface area contributed by atoms with Crippen LogP contribution < -0.4 is 5.73 Å². The Labute approximate surface area is 114 Å². The Morgan fingerprint density at radius 1 is 1.26 bits per heavy atom. The lowest BCUT2D eigenvalue weighted by Crippen LogP contribution is -2.12. The summed E-state index contributed by atoms with van der Waals surface area (Å²) in [6.07, 6.45) is 0. The first kappa shape index (κ1) is 13.9. The standard InChI is InChI=1S/C14H20N2O2S/c1-4-19(17,18)9-13-7-11-5-6-12(15)8-14(11)16(13)10(2)3/h5-8,10H,4,9,15H2,1-3H3. The smallest absolute Gasteiger partial charge is 0.155 e. The highest BCUT2D eigenvalue weighted by Crippen LogP contribution is 2.27. The molecule has 0 spiro atoms. The minimum absolute atomic E-state index is 0.0796. The van der Waals surface area contributed by atoms with E-state index >= 15 is 0 Å². The molecule has 0 radical (unpaired) electrons. The van der Waals surface area contributed by atoms with Gasteiger partial charge < -0.3 is 10.3 Å². The average Bonchev–Trinajstić information content (AvgIpc) is 2.65. The van der Waals surface area contributed by atoms with Gasteiger partial charge in [0.1, 0.15) is 0 Å². The van der Waals surface area contributed by atoms with Gasteiger partial charge in [-0.25, -0.2) is 8.42 Å². The van der Waals surface area contributed by atoms with E-state index in [2.05, 4.69) is 4.57 Å². The van der Waals surface area contributed by atoms with Gasteiger partial charge in [-0.05, 0) is 32.0 Å². The van der Waals surface area contributed by atoms with Crippen LogP contribution in [0.25, 0.3) is 10.9 Å². The monoisotopic (exact) mass is 280 g/mol. The minimum atomic E-state index is -3.04. The van der Waals surface area contributed by atoms with Gasteiger partial charge in [0.15, 0.2) is 9.84 Å². The summed E-state index contributed by atoms with van der Waals surface area (Å²) in [5.41, 5.74) is 8.34. The fraction of sp³-hybridized carbons (Fsp3) is 0.429. The lowest BCUT2D eigenvalue weighted by Gasteiger charge is -2.14. The third-order valence-corrected chi connectivity index (χ3v) is 4.88. The third-order valence-electron chi connectivity index (χ3n) is 3.27. The maximum Gasteiger partial charge on any atom is 0.155 e. The first-order valence-electron chi connectivity index (χ1n) is 6.44. The van der Waals surface area contributed by atoms with Gasteiger partial charge in [-0.1, -0.05) is 13.0 Å². The summed E-state index contributed by atoms with van der Waals surface area (Å²) in [6, 6.07) is 7.82. The Hall–Kier alpha value is -1.49. The zero-order valence-corrected chi connectivity index (χ0v) is 12.4. The second-order valence-electron chi connectivity index (χ2n) is 5.09. The van der Waals surface area contributed by atoms with Crippen LogP contribution in [0.15, 0.2) is 24.3 Å². The fourth-order valence-electron chi connectivity index (χ4n) is 2.34. The van der Waals surface area contributed by atoms with Crippen LogP contribution >= 0.6 is 0 Å². The molecule has 0 saturated heterocycles. The van der Waals surface area contributed by atoms with Crippen LogP contribution in [0.1, 0.15) is 32.5 Å². The molecule has 2 aromatic rings. The maximum atomic E-state index is 11.8. The molecule has 104 valence electrons. The molecule has 0 unspecified atom stereocenters. The molecule has 2 rings (SSSR count). The fourth-order valence-corrected chi connectivity index (χ4v) is 3.22. The Kier molecular flexibility index (Phi) is 3.58. The summed E-state index contributed by atoms with van der Waals surface area (Å²) >= 11 is 0. The van der Waals surface area contributed by atoms with Gasteiger partial charge in [-0.2, -0.15) is 0 Å². The molecule has 0 atom stereocenters. The Morgan fingerprint density at radius 2 is 1.95 bits per heavy atom. The highest BCUT2D eigenvalue weighted by Gasteiger charge is 2.17. The number of anilines is 1. The van der Waals surface area contributed by atoms with Crippen LogP contribution in [-0.4, -0.2) is 18.7 Å². The second-order valence-corrected chi connectivity index (χ2v) is 7.45. The summed E-state index contributed by atoms with van der Waals surface area (Å²) in [5, 5.41) is 1.03. The second kappa shape index (κ2) is 4.89. The molecule has 4 nitrogen and oxygen atoms in total. The average molecular weight is 280 g/mol. The summed E-state index contributed by atoms with van der Waals surface area (Å²) in [6.45, 7) is 5.77. The molecular formula is C14H20N2O2S. The van der Waals surface area contributed by atoms with Gasteiger partial charge in [-0.15, -0.1) is 0 Å². The van der Waals surface area contributed by atoms with Crippen molar-refractivity contribution in [3.63, 3.8) is 0 Å². The van der Waals surface area contributed by atoms with Crippen LogP contribution in [0, 0.1) is 0 Å². The molecule has 0 amide bonds. The number of nitrogens with zero attached hydrogens (tertiary/aromatic N) is 1. The van der Waals surface area contributed by atoms with Gasteiger partial charge in [0, 0.05) is 28.6 Å². The summed E-state index contributed by atoms with van der Waals surface area (Å²) in [5.74, 6) is 0.241. The lowest BCUT2D eigenvalue weighted by atomic mass is 10.2. The van der Waals surface area contributed by atoms with Crippen LogP contribution in [0.3, 0.4) is 0 Å². The van der Waals surface area contributed by atoms with Crippen LogP contribution in [0.4, 0.5) is 5.69 Å². The Morgan fingerprint density at radius 3 is 2.53 bits per heavy atom. The van der Waals surface area contributed by atoms with Crippen molar-refractivity contribution in [2.24, 2.45) is 0 Å². The number of rotatable bonds is 4. The predicted molar refractivity (Wildman–Crippen MR) is 79.9 cm³/mol. The van der Waals surface area contributed by atoms with Crippen LogP contribution in [0.2, 0.25) is 0 Å². The molecular weight excluding hydrogens is 260 g/mol. The SMILES string of the molecule is CCS(=O)(=O)Cc1cc2ccc(N)cc2n1C(C)C. The van der Waals surface area contributed by atoms with E-state index in [1.54, 1.807) is 6.92 Å². The highest BCUT2D eigenvalue weighted by atomic mass is 32.2. The minimum Gasteiger partial charge on any atom is -0.399 e. The van der Waals surface area contributed by atoms with Crippen molar-refractivity contribution in [3.8, 4) is 0 Å². The van der Waals surface area contributed by atoms with Gasteiger partial charge in [-0.3, -0.25) is 0 Å². The lowest BCUT2D eigenvalue weighted by molar-refractivity contribution is 0.582. The number of hydrogen-bond donors (Lipinski definition) is 1. The van der Waals surface area contributed by atoms with Crippen LogP contribution in [-0.2, 0) is 15.6 Å². The highest BCUT2D eigenvalue weighted by molar-refractivity contribution is 7.90. The quantitative estimate of drug-likeness (QED) is 0.876. The Bertz CT molecular complexity index is 700. The van der Waals surface area contributed by atoms with E-state index in [0.717, 1.165) is 16.6 Å². The largest absolute Gasteiger partial charge is 0.399 e. The molecule has 2 N–H and O–H groups in total. The number of benzene rings is 1. The first-order valence-corrected chi connectivity index (χ1v) is 8.26. The maximum absolute atomic E-state index is 11.8. The van der Waals surface area contributed by atoms with E-state index in [-0.39, 0.29) is 17.5 Å². The first-order chi connectivity index (χ1) is 8.84. The van der Waals surface area contributed by atoms with Crippen molar-refractivity contribution in [2.75, 3.05) is 11.5 Å². The van der Waals surface area contributed by atoms with E-state index in [9.17, 15) is 8.42 Å². The van der Waals surface area contributed by atoms with E-state index in [4.69, 9.17) is 5.73 Å². The summed E-state index contributed by atoms with van der Waals surface area (Å²) < 4.78 is 25.8. The van der Waals surface area contributed by atoms with Crippen molar-refractivity contribution in [1.82, 2.24) is 4.57 Å². The number of sulfone groups is 1. The molecule has 0 aliphatic carbocycles. The zero-order valence-electron chi connectivity index (χ0n) is 11.6. The molecule has 1 heterocycles. The van der Waals surface area contributed by atoms with Crippen LogP contribution in [0.5, 0.6) is 0 Å². The number of nitrogens with two attached hydrogens (primary N) is 1. The third kappa shape index (κ3) is 2.76. The van der Waals surface area contributed by atoms with E-state index < -0.39 is 9.84 Å². The molecule has 5 heteroatoms. The molecule has 0 aliphatic rings.